The van der Waals surface area contributed by atoms with Gasteiger partial charge in [0, 0.05) is 13.2 Å². The van der Waals surface area contributed by atoms with Gasteiger partial charge in [-0.15, -0.1) is 11.3 Å². The highest BCUT2D eigenvalue weighted by Crippen LogP contribution is 2.40. The van der Waals surface area contributed by atoms with Gasteiger partial charge >= 0.3 is 0 Å². The van der Waals surface area contributed by atoms with E-state index >= 15 is 0 Å². The van der Waals surface area contributed by atoms with E-state index < -0.39 is 17.7 Å². The second kappa shape index (κ2) is 9.37. The van der Waals surface area contributed by atoms with Crippen molar-refractivity contribution >= 4 is 23.0 Å². The Morgan fingerprint density at radius 1 is 1.19 bits per heavy atom. The highest BCUT2D eigenvalue weighted by atomic mass is 32.1. The first-order valence-corrected chi connectivity index (χ1v) is 11.5. The van der Waals surface area contributed by atoms with Crippen molar-refractivity contribution in [1.29, 1.82) is 0 Å². The van der Waals surface area contributed by atoms with E-state index in [-0.39, 0.29) is 22.9 Å². The molecule has 1 atom stereocenters. The zero-order valence-electron chi connectivity index (χ0n) is 18.8. The number of ether oxygens (including phenoxy) is 1. The van der Waals surface area contributed by atoms with Gasteiger partial charge in [0.15, 0.2) is 5.76 Å². The standard InChI is InChI=1S/C25H31NO4S/c1-16(2)30-14-7-13-26-21(17-9-11-18(12-10-17)25(3,4)5)20(23(28)24(26)29)22(27)19-8-6-15-31-19/h6,8-12,15-16,21,28H,7,13-14H2,1-5H3. The van der Waals surface area contributed by atoms with Crippen LogP contribution in [0, 0.1) is 0 Å². The normalized spacial score (nSPS) is 17.2. The molecule has 1 N–H and O–H groups in total. The zero-order chi connectivity index (χ0) is 22.8. The molecule has 0 radical (unpaired) electrons. The van der Waals surface area contributed by atoms with Gasteiger partial charge in [0.05, 0.1) is 22.6 Å². The summed E-state index contributed by atoms with van der Waals surface area (Å²) in [6.07, 6.45) is 0.728. The lowest BCUT2D eigenvalue weighted by Gasteiger charge is -2.28. The molecule has 0 spiro atoms. The van der Waals surface area contributed by atoms with E-state index in [0.717, 1.165) is 11.1 Å². The fourth-order valence-corrected chi connectivity index (χ4v) is 4.40. The Bertz CT molecular complexity index is 952. The van der Waals surface area contributed by atoms with Crippen LogP contribution < -0.4 is 0 Å². The van der Waals surface area contributed by atoms with Crippen LogP contribution in [-0.2, 0) is 14.9 Å². The number of nitrogens with zero attached hydrogens (tertiary/aromatic N) is 1. The number of thiophene rings is 1. The minimum atomic E-state index is -0.616. The predicted molar refractivity (Wildman–Crippen MR) is 124 cm³/mol. The first-order chi connectivity index (χ1) is 14.6. The van der Waals surface area contributed by atoms with Crippen molar-refractivity contribution in [1.82, 2.24) is 4.90 Å². The molecule has 0 aliphatic carbocycles. The van der Waals surface area contributed by atoms with Gasteiger partial charge in [0.2, 0.25) is 5.78 Å². The molecule has 2 heterocycles. The molecule has 2 aromatic rings. The third-order valence-corrected chi connectivity index (χ3v) is 6.25. The van der Waals surface area contributed by atoms with Gasteiger partial charge in [-0.1, -0.05) is 51.1 Å². The third kappa shape index (κ3) is 5.08. The average molecular weight is 442 g/mol. The number of rotatable bonds is 8. The molecule has 0 saturated heterocycles. The third-order valence-electron chi connectivity index (χ3n) is 5.38. The maximum Gasteiger partial charge on any atom is 0.290 e. The molecule has 5 nitrogen and oxygen atoms in total. The molecule has 3 rings (SSSR count). The lowest BCUT2D eigenvalue weighted by molar-refractivity contribution is -0.129. The SMILES string of the molecule is CC(C)OCCCN1C(=O)C(O)=C(C(=O)c2cccs2)C1c1ccc(C(C)(C)C)cc1. The molecule has 1 aliphatic rings. The van der Waals surface area contributed by atoms with E-state index in [1.54, 1.807) is 17.0 Å². The molecular weight excluding hydrogens is 410 g/mol. The van der Waals surface area contributed by atoms with Crippen LogP contribution in [0.25, 0.3) is 0 Å². The number of carbonyl (C=O) groups is 2. The van der Waals surface area contributed by atoms with E-state index in [9.17, 15) is 14.7 Å². The van der Waals surface area contributed by atoms with Crippen LogP contribution in [0.3, 0.4) is 0 Å². The minimum Gasteiger partial charge on any atom is -0.503 e. The second-order valence-electron chi connectivity index (χ2n) is 9.11. The maximum atomic E-state index is 13.2. The summed E-state index contributed by atoms with van der Waals surface area (Å²) in [5, 5.41) is 12.5. The van der Waals surface area contributed by atoms with Crippen molar-refractivity contribution in [3.63, 3.8) is 0 Å². The highest BCUT2D eigenvalue weighted by molar-refractivity contribution is 7.12. The van der Waals surface area contributed by atoms with Crippen LogP contribution >= 0.6 is 11.3 Å². The van der Waals surface area contributed by atoms with Crippen LogP contribution in [-0.4, -0.2) is 41.0 Å². The first-order valence-electron chi connectivity index (χ1n) is 10.7. The fourth-order valence-electron chi connectivity index (χ4n) is 3.72. The molecule has 1 unspecified atom stereocenters. The molecule has 0 bridgehead atoms. The average Bonchev–Trinajstić information content (AvgIpc) is 3.33. The summed E-state index contributed by atoms with van der Waals surface area (Å²) in [7, 11) is 0. The van der Waals surface area contributed by atoms with Gasteiger partial charge in [-0.3, -0.25) is 9.59 Å². The summed E-state index contributed by atoms with van der Waals surface area (Å²) in [6.45, 7) is 11.2. The molecule has 31 heavy (non-hydrogen) atoms. The van der Waals surface area contributed by atoms with E-state index in [0.29, 0.717) is 24.4 Å². The Hall–Kier alpha value is -2.44. The molecular formula is C25H31NO4S. The van der Waals surface area contributed by atoms with Crippen molar-refractivity contribution in [2.75, 3.05) is 13.2 Å². The molecule has 1 amide bonds. The highest BCUT2D eigenvalue weighted by Gasteiger charge is 2.43. The van der Waals surface area contributed by atoms with Crippen LogP contribution in [0.5, 0.6) is 0 Å². The Balaban J connectivity index is 1.96. The van der Waals surface area contributed by atoms with Gasteiger partial charge in [0.25, 0.3) is 5.91 Å². The Morgan fingerprint density at radius 3 is 2.42 bits per heavy atom. The van der Waals surface area contributed by atoms with Gasteiger partial charge in [-0.25, -0.2) is 0 Å². The molecule has 166 valence electrons. The number of Topliss-reactive ketones (excluding diaryl/α,β-unsaturated/α-hetero) is 1. The summed E-state index contributed by atoms with van der Waals surface area (Å²) in [4.78, 5) is 28.3. The number of carbonyl (C=O) groups excluding carboxylic acids is 2. The molecule has 0 saturated carbocycles. The molecule has 0 fully saturated rings. The number of hydrogen-bond donors (Lipinski definition) is 1. The molecule has 1 aliphatic heterocycles. The Morgan fingerprint density at radius 2 is 1.87 bits per heavy atom. The minimum absolute atomic E-state index is 0.00844. The zero-order valence-corrected chi connectivity index (χ0v) is 19.7. The van der Waals surface area contributed by atoms with E-state index in [1.807, 2.05) is 43.5 Å². The van der Waals surface area contributed by atoms with Gasteiger partial charge in [-0.2, -0.15) is 0 Å². The van der Waals surface area contributed by atoms with Crippen molar-refractivity contribution in [2.45, 2.75) is 58.6 Å². The molecule has 6 heteroatoms. The second-order valence-corrected chi connectivity index (χ2v) is 10.1. The number of aliphatic hydroxyl groups is 1. The number of hydrogen-bond acceptors (Lipinski definition) is 5. The number of amides is 1. The van der Waals surface area contributed by atoms with E-state index in [4.69, 9.17) is 4.74 Å². The lowest BCUT2D eigenvalue weighted by atomic mass is 9.85. The van der Waals surface area contributed by atoms with E-state index in [1.165, 1.54) is 11.3 Å². The quantitative estimate of drug-likeness (QED) is 0.438. The van der Waals surface area contributed by atoms with Crippen LogP contribution in [0.2, 0.25) is 0 Å². The van der Waals surface area contributed by atoms with E-state index in [2.05, 4.69) is 20.8 Å². The van der Waals surface area contributed by atoms with Crippen molar-refractivity contribution in [3.05, 3.63) is 69.1 Å². The lowest BCUT2D eigenvalue weighted by Crippen LogP contribution is -2.32. The van der Waals surface area contributed by atoms with Gasteiger partial charge < -0.3 is 14.7 Å². The monoisotopic (exact) mass is 441 g/mol. The van der Waals surface area contributed by atoms with Crippen LogP contribution in [0.15, 0.2) is 53.1 Å². The Kier molecular flexibility index (Phi) is 7.02. The van der Waals surface area contributed by atoms with Gasteiger partial charge in [0.1, 0.15) is 0 Å². The summed E-state index contributed by atoms with van der Waals surface area (Å²) in [5.41, 5.74) is 2.12. The van der Waals surface area contributed by atoms with Crippen LogP contribution in [0.4, 0.5) is 0 Å². The fraction of sp³-hybridized carbons (Fsp3) is 0.440. The predicted octanol–water partition coefficient (Wildman–Crippen LogP) is 5.44. The molecule has 1 aromatic heterocycles. The number of ketones is 1. The Labute approximate surface area is 188 Å². The summed E-state index contributed by atoms with van der Waals surface area (Å²) in [6, 6.07) is 10.9. The van der Waals surface area contributed by atoms with Crippen molar-refractivity contribution in [3.8, 4) is 0 Å². The number of benzene rings is 1. The molecule has 1 aromatic carbocycles. The first kappa shape index (κ1) is 23.2. The number of aliphatic hydroxyl groups excluding tert-OH is 1. The van der Waals surface area contributed by atoms with Crippen LogP contribution in [0.1, 0.15) is 67.9 Å². The van der Waals surface area contributed by atoms with Gasteiger partial charge in [-0.05, 0) is 48.3 Å². The van der Waals surface area contributed by atoms with Crippen molar-refractivity contribution in [2.24, 2.45) is 0 Å². The smallest absolute Gasteiger partial charge is 0.290 e. The summed E-state index contributed by atoms with van der Waals surface area (Å²) < 4.78 is 5.61. The maximum absolute atomic E-state index is 13.2. The topological polar surface area (TPSA) is 66.8 Å². The summed E-state index contributed by atoms with van der Waals surface area (Å²) in [5.74, 6) is -1.26. The van der Waals surface area contributed by atoms with Crippen molar-refractivity contribution < 1.29 is 19.4 Å². The largest absolute Gasteiger partial charge is 0.503 e. The summed E-state index contributed by atoms with van der Waals surface area (Å²) >= 11 is 1.31.